The van der Waals surface area contributed by atoms with Crippen molar-refractivity contribution in [3.8, 4) is 11.1 Å². The van der Waals surface area contributed by atoms with Gasteiger partial charge in [0.05, 0.1) is 11.0 Å². The fourth-order valence-electron chi connectivity index (χ4n) is 6.04. The molecule has 3 amide bonds. The SMILES string of the molecule is Cc1cc(C(=O)O)ncc1-c1ccc(C[C@H](NC(=O)[C@H]2CC[C@H](CNC(=O)OC(C)(C)C)CC2)C(=O)Nc2ccc3[nH]c(=O)[nH]c3c2)cc1. The summed E-state index contributed by atoms with van der Waals surface area (Å²) < 4.78 is 5.32. The van der Waals surface area contributed by atoms with Crippen LogP contribution in [0, 0.1) is 18.8 Å². The maximum absolute atomic E-state index is 13.7. The number of amides is 3. The van der Waals surface area contributed by atoms with Crippen LogP contribution in [0.2, 0.25) is 0 Å². The molecular weight excluding hydrogens is 628 g/mol. The number of rotatable bonds is 10. The molecule has 2 aromatic carbocycles. The molecule has 13 heteroatoms. The molecular formula is C36H42N6O7. The lowest BCUT2D eigenvalue weighted by Gasteiger charge is -2.29. The van der Waals surface area contributed by atoms with Crippen LogP contribution in [0.1, 0.15) is 68.1 Å². The number of carbonyl (C=O) groups excluding carboxylic acids is 3. The maximum atomic E-state index is 13.7. The first kappa shape index (κ1) is 34.9. The Morgan fingerprint density at radius 3 is 2.33 bits per heavy atom. The average Bonchev–Trinajstić information content (AvgIpc) is 3.42. The number of aromatic nitrogens is 3. The molecule has 0 bridgehead atoms. The van der Waals surface area contributed by atoms with Crippen molar-refractivity contribution in [1.29, 1.82) is 0 Å². The molecule has 0 saturated heterocycles. The van der Waals surface area contributed by atoms with E-state index < -0.39 is 29.6 Å². The second kappa shape index (κ2) is 14.8. The number of H-pyrrole nitrogens is 2. The molecule has 0 radical (unpaired) electrons. The molecule has 1 saturated carbocycles. The number of carbonyl (C=O) groups is 4. The van der Waals surface area contributed by atoms with Crippen molar-refractivity contribution in [2.24, 2.45) is 11.8 Å². The van der Waals surface area contributed by atoms with Gasteiger partial charge in [-0.25, -0.2) is 19.4 Å². The summed E-state index contributed by atoms with van der Waals surface area (Å²) in [6.07, 6.45) is 4.04. The topological polar surface area (TPSA) is 195 Å². The number of fused-ring (bicyclic) bond motifs is 1. The number of nitrogens with zero attached hydrogens (tertiary/aromatic N) is 1. The van der Waals surface area contributed by atoms with E-state index in [2.05, 4.69) is 30.9 Å². The minimum atomic E-state index is -1.10. The number of aromatic amines is 2. The monoisotopic (exact) mass is 670 g/mol. The van der Waals surface area contributed by atoms with E-state index in [9.17, 15) is 29.1 Å². The minimum absolute atomic E-state index is 0.0320. The summed E-state index contributed by atoms with van der Waals surface area (Å²) in [4.78, 5) is 71.7. The standard InChI is InChI=1S/C36H42N6O7/c1-20-15-30(33(45)46)37-19-26(20)23-9-5-21(6-10-23)16-29(32(44)39-25-13-14-27-28(17-25)42-34(47)41-27)40-31(43)24-11-7-22(8-12-24)18-38-35(48)49-36(2,3)4/h5-6,9-10,13-15,17,19,22,24,29H,7-8,11-12,16,18H2,1-4H3,(H,38,48)(H,39,44)(H,40,43)(H,45,46)(H2,41,42,47)/t22-,24-,29-/m0/s1. The van der Waals surface area contributed by atoms with Crippen molar-refractivity contribution < 1.29 is 29.0 Å². The molecule has 258 valence electrons. The third-order valence-corrected chi connectivity index (χ3v) is 8.60. The normalized spacial score (nSPS) is 16.8. The van der Waals surface area contributed by atoms with Crippen LogP contribution in [0.5, 0.6) is 0 Å². The number of alkyl carbamates (subject to hydrolysis) is 1. The van der Waals surface area contributed by atoms with E-state index in [0.717, 1.165) is 35.1 Å². The van der Waals surface area contributed by atoms with Crippen molar-refractivity contribution in [3.63, 3.8) is 0 Å². The number of aryl methyl sites for hydroxylation is 1. The zero-order valence-electron chi connectivity index (χ0n) is 28.0. The number of hydrogen-bond acceptors (Lipinski definition) is 7. The van der Waals surface area contributed by atoms with Crippen LogP contribution in [0.4, 0.5) is 10.5 Å². The molecule has 5 rings (SSSR count). The summed E-state index contributed by atoms with van der Waals surface area (Å²) in [6.45, 7) is 7.72. The van der Waals surface area contributed by atoms with Gasteiger partial charge in [-0.1, -0.05) is 24.3 Å². The van der Waals surface area contributed by atoms with Gasteiger partial charge in [0.15, 0.2) is 0 Å². The van der Waals surface area contributed by atoms with Gasteiger partial charge in [0.25, 0.3) is 0 Å². The number of carboxylic acid groups (broad SMARTS) is 1. The molecule has 1 aliphatic carbocycles. The molecule has 0 spiro atoms. The quantitative estimate of drug-likeness (QED) is 0.137. The predicted molar refractivity (Wildman–Crippen MR) is 184 cm³/mol. The van der Waals surface area contributed by atoms with Gasteiger partial charge in [-0.05, 0) is 100 Å². The lowest BCUT2D eigenvalue weighted by molar-refractivity contribution is -0.130. The first-order valence-electron chi connectivity index (χ1n) is 16.3. The van der Waals surface area contributed by atoms with E-state index >= 15 is 0 Å². The molecule has 1 atom stereocenters. The van der Waals surface area contributed by atoms with Gasteiger partial charge >= 0.3 is 17.8 Å². The van der Waals surface area contributed by atoms with E-state index in [0.29, 0.717) is 36.1 Å². The van der Waals surface area contributed by atoms with Crippen LogP contribution in [-0.2, 0) is 20.7 Å². The molecule has 4 aromatic rings. The van der Waals surface area contributed by atoms with Crippen LogP contribution in [0.15, 0.2) is 59.5 Å². The van der Waals surface area contributed by atoms with Gasteiger partial charge in [-0.3, -0.25) is 9.59 Å². The van der Waals surface area contributed by atoms with Crippen LogP contribution in [-0.4, -0.2) is 62.1 Å². The number of aromatic carboxylic acids is 1. The van der Waals surface area contributed by atoms with Crippen molar-refractivity contribution in [2.45, 2.75) is 71.4 Å². The summed E-state index contributed by atoms with van der Waals surface area (Å²) in [7, 11) is 0. The second-order valence-electron chi connectivity index (χ2n) is 13.6. The van der Waals surface area contributed by atoms with Crippen molar-refractivity contribution in [3.05, 3.63) is 82.0 Å². The van der Waals surface area contributed by atoms with E-state index in [-0.39, 0.29) is 35.5 Å². The third kappa shape index (κ3) is 9.34. The Balaban J connectivity index is 1.26. The zero-order chi connectivity index (χ0) is 35.3. The molecule has 13 nitrogen and oxygen atoms in total. The van der Waals surface area contributed by atoms with E-state index in [4.69, 9.17) is 4.74 Å². The summed E-state index contributed by atoms with van der Waals surface area (Å²) in [6, 6.07) is 13.1. The minimum Gasteiger partial charge on any atom is -0.477 e. The molecule has 0 unspecified atom stereocenters. The summed E-state index contributed by atoms with van der Waals surface area (Å²) >= 11 is 0. The van der Waals surface area contributed by atoms with E-state index in [1.54, 1.807) is 18.2 Å². The predicted octanol–water partition coefficient (Wildman–Crippen LogP) is 4.92. The Hall–Kier alpha value is -5.46. The number of ether oxygens (including phenoxy) is 1. The molecule has 2 heterocycles. The number of anilines is 1. The second-order valence-corrected chi connectivity index (χ2v) is 13.6. The highest BCUT2D eigenvalue weighted by molar-refractivity contribution is 5.98. The van der Waals surface area contributed by atoms with Gasteiger partial charge in [0.1, 0.15) is 17.3 Å². The summed E-state index contributed by atoms with van der Waals surface area (Å²) in [5.74, 6) is -1.76. The molecule has 1 fully saturated rings. The van der Waals surface area contributed by atoms with E-state index in [1.807, 2.05) is 52.0 Å². The molecule has 6 N–H and O–H groups in total. The fraction of sp³-hybridized carbons (Fsp3) is 0.389. The highest BCUT2D eigenvalue weighted by Crippen LogP contribution is 2.29. The largest absolute Gasteiger partial charge is 0.477 e. The number of pyridine rings is 1. The third-order valence-electron chi connectivity index (χ3n) is 8.60. The van der Waals surface area contributed by atoms with Crippen molar-refractivity contribution >= 4 is 40.6 Å². The average molecular weight is 671 g/mol. The van der Waals surface area contributed by atoms with Crippen LogP contribution in [0.25, 0.3) is 22.2 Å². The zero-order valence-corrected chi connectivity index (χ0v) is 28.0. The Morgan fingerprint density at radius 1 is 0.980 bits per heavy atom. The van der Waals surface area contributed by atoms with Gasteiger partial charge in [-0.15, -0.1) is 0 Å². The maximum Gasteiger partial charge on any atom is 0.407 e. The van der Waals surface area contributed by atoms with Gasteiger partial charge in [0, 0.05) is 36.3 Å². The first-order chi connectivity index (χ1) is 23.2. The molecule has 2 aromatic heterocycles. The number of imidazole rings is 1. The Labute approximate surface area is 283 Å². The van der Waals surface area contributed by atoms with Crippen molar-refractivity contribution in [2.75, 3.05) is 11.9 Å². The van der Waals surface area contributed by atoms with Crippen molar-refractivity contribution in [1.82, 2.24) is 25.6 Å². The fourth-order valence-corrected chi connectivity index (χ4v) is 6.04. The van der Waals surface area contributed by atoms with Gasteiger partial charge in [0.2, 0.25) is 11.8 Å². The first-order valence-corrected chi connectivity index (χ1v) is 16.3. The number of carboxylic acids is 1. The molecule has 0 aliphatic heterocycles. The van der Waals surface area contributed by atoms with Crippen LogP contribution in [0.3, 0.4) is 0 Å². The Morgan fingerprint density at radius 2 is 1.67 bits per heavy atom. The lowest BCUT2D eigenvalue weighted by atomic mass is 9.81. The highest BCUT2D eigenvalue weighted by Gasteiger charge is 2.30. The van der Waals surface area contributed by atoms with Gasteiger partial charge in [-0.2, -0.15) is 0 Å². The smallest absolute Gasteiger partial charge is 0.407 e. The number of benzene rings is 2. The highest BCUT2D eigenvalue weighted by atomic mass is 16.6. The van der Waals surface area contributed by atoms with Gasteiger partial charge < -0.3 is 35.8 Å². The molecule has 1 aliphatic rings. The summed E-state index contributed by atoms with van der Waals surface area (Å²) in [5.41, 5.74) is 3.84. The molecule has 49 heavy (non-hydrogen) atoms. The van der Waals surface area contributed by atoms with E-state index in [1.165, 1.54) is 12.3 Å². The Bertz CT molecular complexity index is 1900. The van der Waals surface area contributed by atoms with Crippen LogP contribution < -0.4 is 21.6 Å². The lowest BCUT2D eigenvalue weighted by Crippen LogP contribution is -2.48. The Kier molecular flexibility index (Phi) is 10.5. The van der Waals surface area contributed by atoms with Crippen LogP contribution >= 0.6 is 0 Å². The number of hydrogen-bond donors (Lipinski definition) is 6. The summed E-state index contributed by atoms with van der Waals surface area (Å²) in [5, 5.41) is 17.9. The number of nitrogens with one attached hydrogen (secondary N) is 5.